The Labute approximate surface area is 105 Å². The quantitative estimate of drug-likeness (QED) is 0.560. The molecule has 3 N–H and O–H groups in total. The lowest BCUT2D eigenvalue weighted by molar-refractivity contribution is 0.461. The monoisotopic (exact) mass is 232 g/mol. The average molecular weight is 232 g/mol. The van der Waals surface area contributed by atoms with Crippen molar-refractivity contribution >= 4 is 0 Å². The minimum Gasteiger partial charge on any atom is -0.329 e. The summed E-state index contributed by atoms with van der Waals surface area (Å²) >= 11 is 0. The first-order chi connectivity index (χ1) is 8.29. The summed E-state index contributed by atoms with van der Waals surface area (Å²) in [7, 11) is 0. The Morgan fingerprint density at radius 3 is 2.59 bits per heavy atom. The van der Waals surface area contributed by atoms with Crippen LogP contribution in [0.2, 0.25) is 0 Å². The van der Waals surface area contributed by atoms with Crippen molar-refractivity contribution in [1.29, 1.82) is 0 Å². The highest BCUT2D eigenvalue weighted by molar-refractivity contribution is 5.20. The fourth-order valence-electron chi connectivity index (χ4n) is 1.97. The van der Waals surface area contributed by atoms with Crippen LogP contribution >= 0.6 is 0 Å². The Morgan fingerprint density at radius 2 is 2.00 bits per heavy atom. The van der Waals surface area contributed by atoms with Crippen LogP contribution in [0, 0.1) is 0 Å². The molecule has 0 spiro atoms. The molecule has 0 bridgehead atoms. The topological polar surface area (TPSA) is 38.0 Å². The molecule has 0 aromatic heterocycles. The van der Waals surface area contributed by atoms with Gasteiger partial charge in [-0.05, 0) is 31.4 Å². The first-order valence-corrected chi connectivity index (χ1v) is 6.39. The van der Waals surface area contributed by atoms with E-state index in [1.165, 1.54) is 5.56 Å². The van der Waals surface area contributed by atoms with E-state index in [4.69, 9.17) is 5.73 Å². The van der Waals surface area contributed by atoms with Gasteiger partial charge >= 0.3 is 0 Å². The summed E-state index contributed by atoms with van der Waals surface area (Å²) in [4.78, 5) is 0. The van der Waals surface area contributed by atoms with E-state index < -0.39 is 0 Å². The van der Waals surface area contributed by atoms with E-state index in [0.717, 1.165) is 13.0 Å². The fourth-order valence-corrected chi connectivity index (χ4v) is 1.97. The third-order valence-corrected chi connectivity index (χ3v) is 3.14. The smallest absolute Gasteiger partial charge is 0.0256 e. The molecule has 2 nitrogen and oxygen atoms in total. The Hall–Kier alpha value is -1.12. The number of nitrogens with two attached hydrogens (primary N) is 1. The van der Waals surface area contributed by atoms with Crippen molar-refractivity contribution in [2.75, 3.05) is 13.1 Å². The summed E-state index contributed by atoms with van der Waals surface area (Å²) in [5.74, 6) is 0.451. The molecule has 2 heteroatoms. The predicted molar refractivity (Wildman–Crippen MR) is 75.1 cm³/mol. The number of benzene rings is 1. The van der Waals surface area contributed by atoms with Crippen LogP contribution in [0.3, 0.4) is 0 Å². The zero-order chi connectivity index (χ0) is 12.5. The summed E-state index contributed by atoms with van der Waals surface area (Å²) in [6.07, 6.45) is 5.32. The van der Waals surface area contributed by atoms with Crippen molar-refractivity contribution in [3.63, 3.8) is 0 Å². The van der Waals surface area contributed by atoms with Crippen LogP contribution in [0.4, 0.5) is 0 Å². The second-order valence-electron chi connectivity index (χ2n) is 4.35. The zero-order valence-corrected chi connectivity index (χ0v) is 10.9. The van der Waals surface area contributed by atoms with Crippen molar-refractivity contribution < 1.29 is 0 Å². The molecule has 0 aliphatic rings. The predicted octanol–water partition coefficient (Wildman–Crippen LogP) is 2.67. The molecule has 0 heterocycles. The minimum atomic E-state index is 0.350. The first-order valence-electron chi connectivity index (χ1n) is 6.39. The molecule has 2 atom stereocenters. The molecule has 0 saturated heterocycles. The highest BCUT2D eigenvalue weighted by atomic mass is 14.9. The number of rotatable bonds is 7. The van der Waals surface area contributed by atoms with E-state index in [0.29, 0.717) is 18.5 Å². The maximum atomic E-state index is 5.85. The van der Waals surface area contributed by atoms with Gasteiger partial charge in [-0.25, -0.2) is 0 Å². The van der Waals surface area contributed by atoms with Gasteiger partial charge in [0.25, 0.3) is 0 Å². The third-order valence-electron chi connectivity index (χ3n) is 3.14. The standard InChI is InChI=1S/C15H24N2/c1-3-4-8-11-17-15(12-16)13(2)14-9-6-5-7-10-14/h3-7,9-10,13,15,17H,8,11-12,16H2,1-2H3/b4-3+. The highest BCUT2D eigenvalue weighted by Gasteiger charge is 2.16. The van der Waals surface area contributed by atoms with E-state index in [2.05, 4.69) is 48.7 Å². The van der Waals surface area contributed by atoms with Crippen LogP contribution in [0.15, 0.2) is 42.5 Å². The van der Waals surface area contributed by atoms with Crippen LogP contribution < -0.4 is 11.1 Å². The van der Waals surface area contributed by atoms with E-state index in [1.54, 1.807) is 0 Å². The second kappa shape index (κ2) is 8.04. The molecule has 1 rings (SSSR count). The lowest BCUT2D eigenvalue weighted by Crippen LogP contribution is -2.40. The van der Waals surface area contributed by atoms with Crippen molar-refractivity contribution in [3.05, 3.63) is 48.0 Å². The number of allylic oxidation sites excluding steroid dienone is 1. The number of nitrogens with one attached hydrogen (secondary N) is 1. The third kappa shape index (κ3) is 4.72. The van der Waals surface area contributed by atoms with Gasteiger partial charge in [0, 0.05) is 12.6 Å². The van der Waals surface area contributed by atoms with Crippen molar-refractivity contribution in [3.8, 4) is 0 Å². The van der Waals surface area contributed by atoms with Gasteiger partial charge < -0.3 is 11.1 Å². The molecule has 0 aliphatic heterocycles. The molecule has 0 aliphatic carbocycles. The van der Waals surface area contributed by atoms with E-state index in [-0.39, 0.29) is 0 Å². The van der Waals surface area contributed by atoms with Gasteiger partial charge in [-0.3, -0.25) is 0 Å². The number of hydrogen-bond acceptors (Lipinski definition) is 2. The first kappa shape index (κ1) is 13.9. The van der Waals surface area contributed by atoms with Crippen molar-refractivity contribution in [2.45, 2.75) is 32.2 Å². The molecule has 0 radical (unpaired) electrons. The Morgan fingerprint density at radius 1 is 1.29 bits per heavy atom. The molecule has 0 fully saturated rings. The van der Waals surface area contributed by atoms with E-state index in [9.17, 15) is 0 Å². The molecule has 94 valence electrons. The van der Waals surface area contributed by atoms with Crippen molar-refractivity contribution in [1.82, 2.24) is 5.32 Å². The van der Waals surface area contributed by atoms with Gasteiger partial charge in [0.2, 0.25) is 0 Å². The summed E-state index contributed by atoms with van der Waals surface area (Å²) in [5.41, 5.74) is 7.19. The summed E-state index contributed by atoms with van der Waals surface area (Å²) in [5, 5.41) is 3.53. The van der Waals surface area contributed by atoms with Crippen LogP contribution in [0.5, 0.6) is 0 Å². The van der Waals surface area contributed by atoms with Gasteiger partial charge in [0.15, 0.2) is 0 Å². The largest absolute Gasteiger partial charge is 0.329 e. The fraction of sp³-hybridized carbons (Fsp3) is 0.467. The summed E-state index contributed by atoms with van der Waals surface area (Å²) in [6, 6.07) is 10.9. The summed E-state index contributed by atoms with van der Waals surface area (Å²) in [6.45, 7) is 5.94. The van der Waals surface area contributed by atoms with Gasteiger partial charge in [0.1, 0.15) is 0 Å². The van der Waals surface area contributed by atoms with Gasteiger partial charge in [-0.1, -0.05) is 49.4 Å². The molecular formula is C15H24N2. The van der Waals surface area contributed by atoms with E-state index >= 15 is 0 Å². The molecule has 17 heavy (non-hydrogen) atoms. The number of hydrogen-bond donors (Lipinski definition) is 2. The lowest BCUT2D eigenvalue weighted by Gasteiger charge is -2.24. The van der Waals surface area contributed by atoms with E-state index in [1.807, 2.05) is 13.0 Å². The van der Waals surface area contributed by atoms with Gasteiger partial charge in [0.05, 0.1) is 0 Å². The van der Waals surface area contributed by atoms with Gasteiger partial charge in [-0.2, -0.15) is 0 Å². The molecule has 0 saturated carbocycles. The van der Waals surface area contributed by atoms with Crippen molar-refractivity contribution in [2.24, 2.45) is 5.73 Å². The Balaban J connectivity index is 2.49. The van der Waals surface area contributed by atoms with Crippen LogP contribution in [0.1, 0.15) is 31.7 Å². The Kier molecular flexibility index (Phi) is 6.60. The van der Waals surface area contributed by atoms with Crippen LogP contribution in [-0.4, -0.2) is 19.1 Å². The average Bonchev–Trinajstić information content (AvgIpc) is 2.39. The highest BCUT2D eigenvalue weighted by Crippen LogP contribution is 2.18. The Bertz CT molecular complexity index is 319. The SMILES string of the molecule is C/C=C/CCNC(CN)C(C)c1ccccc1. The molecule has 1 aromatic carbocycles. The molecule has 0 amide bonds. The molecular weight excluding hydrogens is 208 g/mol. The van der Waals surface area contributed by atoms with Crippen LogP contribution in [0.25, 0.3) is 0 Å². The zero-order valence-electron chi connectivity index (χ0n) is 10.9. The second-order valence-corrected chi connectivity index (χ2v) is 4.35. The molecule has 2 unspecified atom stereocenters. The summed E-state index contributed by atoms with van der Waals surface area (Å²) < 4.78 is 0. The lowest BCUT2D eigenvalue weighted by atomic mass is 9.93. The van der Waals surface area contributed by atoms with Gasteiger partial charge in [-0.15, -0.1) is 0 Å². The normalized spacial score (nSPS) is 15.0. The van der Waals surface area contributed by atoms with Crippen LogP contribution in [-0.2, 0) is 0 Å². The maximum Gasteiger partial charge on any atom is 0.0256 e. The minimum absolute atomic E-state index is 0.350. The molecule has 1 aromatic rings. The maximum absolute atomic E-state index is 5.85.